The molecule has 18 heavy (non-hydrogen) atoms. The lowest BCUT2D eigenvalue weighted by Crippen LogP contribution is -2.19. The van der Waals surface area contributed by atoms with Crippen molar-refractivity contribution in [1.29, 1.82) is 0 Å². The summed E-state index contributed by atoms with van der Waals surface area (Å²) in [7, 11) is 3.91. The lowest BCUT2D eigenvalue weighted by atomic mass is 10.2. The Balaban J connectivity index is 2.66. The molecule has 0 saturated carbocycles. The van der Waals surface area contributed by atoms with Crippen LogP contribution in [0.2, 0.25) is 0 Å². The van der Waals surface area contributed by atoms with E-state index in [2.05, 4.69) is 11.8 Å². The average molecular weight is 270 g/mol. The minimum atomic E-state index is -0.340. The standard InChI is InChI=1S/C14H17ClFNO/c1-17(2)7-8-18-14-10-12(5-3-4-6-15)9-13(16)11-14/h9-11H,4,6-8H2,1-2H3. The molecule has 0 radical (unpaired) electrons. The number of nitrogens with zero attached hydrogens (tertiary/aromatic N) is 1. The minimum absolute atomic E-state index is 0.340. The van der Waals surface area contributed by atoms with Crippen LogP contribution in [0.15, 0.2) is 18.2 Å². The molecule has 0 aliphatic heterocycles. The molecule has 0 aliphatic carbocycles. The van der Waals surface area contributed by atoms with E-state index in [1.54, 1.807) is 6.07 Å². The first kappa shape index (κ1) is 14.8. The van der Waals surface area contributed by atoms with E-state index in [1.807, 2.05) is 19.0 Å². The highest BCUT2D eigenvalue weighted by atomic mass is 35.5. The fraction of sp³-hybridized carbons (Fsp3) is 0.429. The predicted octanol–water partition coefficient (Wildman–Crippen LogP) is 2.75. The maximum Gasteiger partial charge on any atom is 0.128 e. The molecule has 2 nitrogen and oxygen atoms in total. The van der Waals surface area contributed by atoms with Crippen LogP contribution < -0.4 is 4.74 Å². The zero-order valence-electron chi connectivity index (χ0n) is 10.7. The summed E-state index contributed by atoms with van der Waals surface area (Å²) in [5.41, 5.74) is 0.611. The normalized spacial score (nSPS) is 10.1. The third-order valence-electron chi connectivity index (χ3n) is 2.13. The Kier molecular flexibility index (Phi) is 6.56. The van der Waals surface area contributed by atoms with Crippen LogP contribution in [0.1, 0.15) is 12.0 Å². The number of benzene rings is 1. The highest BCUT2D eigenvalue weighted by Crippen LogP contribution is 2.15. The number of hydrogen-bond donors (Lipinski definition) is 0. The molecule has 0 amide bonds. The van der Waals surface area contributed by atoms with Crippen LogP contribution in [-0.2, 0) is 0 Å². The molecule has 0 bridgehead atoms. The first-order chi connectivity index (χ1) is 8.61. The van der Waals surface area contributed by atoms with Crippen LogP contribution in [0.5, 0.6) is 5.75 Å². The van der Waals surface area contributed by atoms with E-state index in [0.717, 1.165) is 6.54 Å². The van der Waals surface area contributed by atoms with Gasteiger partial charge in [0.25, 0.3) is 0 Å². The van der Waals surface area contributed by atoms with E-state index >= 15 is 0 Å². The Hall–Kier alpha value is -1.24. The number of halogens is 2. The van der Waals surface area contributed by atoms with Crippen molar-refractivity contribution in [1.82, 2.24) is 4.90 Å². The molecule has 1 aromatic rings. The van der Waals surface area contributed by atoms with E-state index in [1.165, 1.54) is 12.1 Å². The van der Waals surface area contributed by atoms with Gasteiger partial charge in [-0.1, -0.05) is 11.8 Å². The van der Waals surface area contributed by atoms with Crippen molar-refractivity contribution in [2.75, 3.05) is 33.1 Å². The average Bonchev–Trinajstić information content (AvgIpc) is 2.28. The van der Waals surface area contributed by atoms with Crippen molar-refractivity contribution >= 4 is 11.6 Å². The minimum Gasteiger partial charge on any atom is -0.492 e. The predicted molar refractivity (Wildman–Crippen MR) is 72.7 cm³/mol. The number of likely N-dealkylation sites (N-methyl/N-ethyl adjacent to an activating group) is 1. The summed E-state index contributed by atoms with van der Waals surface area (Å²) in [6.45, 7) is 1.30. The van der Waals surface area contributed by atoms with Gasteiger partial charge in [-0.25, -0.2) is 4.39 Å². The molecule has 0 aromatic heterocycles. The molecule has 0 spiro atoms. The molecule has 0 atom stereocenters. The van der Waals surface area contributed by atoms with Crippen LogP contribution in [0.25, 0.3) is 0 Å². The smallest absolute Gasteiger partial charge is 0.128 e. The second kappa shape index (κ2) is 7.97. The molecule has 0 fully saturated rings. The third kappa shape index (κ3) is 5.90. The highest BCUT2D eigenvalue weighted by molar-refractivity contribution is 6.18. The van der Waals surface area contributed by atoms with Gasteiger partial charge < -0.3 is 9.64 Å². The lowest BCUT2D eigenvalue weighted by Gasteiger charge is -2.11. The van der Waals surface area contributed by atoms with Gasteiger partial charge in [-0.15, -0.1) is 11.6 Å². The number of rotatable bonds is 5. The summed E-state index contributed by atoms with van der Waals surface area (Å²) < 4.78 is 18.8. The fourth-order valence-electron chi connectivity index (χ4n) is 1.28. The second-order valence-corrected chi connectivity index (χ2v) is 4.45. The largest absolute Gasteiger partial charge is 0.492 e. The SMILES string of the molecule is CN(C)CCOc1cc(F)cc(C#CCCCl)c1. The molecule has 0 saturated heterocycles. The van der Waals surface area contributed by atoms with Crippen molar-refractivity contribution < 1.29 is 9.13 Å². The van der Waals surface area contributed by atoms with Gasteiger partial charge in [-0.05, 0) is 26.2 Å². The van der Waals surface area contributed by atoms with E-state index in [4.69, 9.17) is 16.3 Å². The molecule has 0 N–H and O–H groups in total. The Labute approximate surface area is 113 Å². The van der Waals surface area contributed by atoms with Gasteiger partial charge in [-0.3, -0.25) is 0 Å². The molecule has 4 heteroatoms. The van der Waals surface area contributed by atoms with Gasteiger partial charge in [-0.2, -0.15) is 0 Å². The van der Waals surface area contributed by atoms with Crippen LogP contribution in [-0.4, -0.2) is 38.0 Å². The molecule has 98 valence electrons. The van der Waals surface area contributed by atoms with E-state index < -0.39 is 0 Å². The van der Waals surface area contributed by atoms with Gasteiger partial charge in [0.2, 0.25) is 0 Å². The van der Waals surface area contributed by atoms with Gasteiger partial charge in [0.05, 0.1) is 0 Å². The van der Waals surface area contributed by atoms with Crippen LogP contribution >= 0.6 is 11.6 Å². The van der Waals surface area contributed by atoms with E-state index in [-0.39, 0.29) is 5.82 Å². The summed E-state index contributed by atoms with van der Waals surface area (Å²) in [5.74, 6) is 6.38. The van der Waals surface area contributed by atoms with Crippen LogP contribution in [0.3, 0.4) is 0 Å². The van der Waals surface area contributed by atoms with Crippen molar-refractivity contribution in [3.05, 3.63) is 29.6 Å². The maximum atomic E-state index is 13.3. The summed E-state index contributed by atoms with van der Waals surface area (Å²) in [4.78, 5) is 2.00. The molecule has 0 unspecified atom stereocenters. The molecule has 0 aliphatic rings. The summed E-state index contributed by atoms with van der Waals surface area (Å²) in [6, 6.07) is 4.49. The van der Waals surface area contributed by atoms with Crippen molar-refractivity contribution in [3.8, 4) is 17.6 Å². The van der Waals surface area contributed by atoms with E-state index in [9.17, 15) is 4.39 Å². The quantitative estimate of drug-likeness (QED) is 0.602. The van der Waals surface area contributed by atoms with Crippen molar-refractivity contribution in [2.24, 2.45) is 0 Å². The molecule has 0 heterocycles. The fourth-order valence-corrected chi connectivity index (χ4v) is 1.37. The summed E-state index contributed by atoms with van der Waals surface area (Å²) >= 11 is 5.52. The van der Waals surface area contributed by atoms with Crippen molar-refractivity contribution in [2.45, 2.75) is 6.42 Å². The summed E-state index contributed by atoms with van der Waals surface area (Å²) in [6.07, 6.45) is 0.592. The number of ether oxygens (including phenoxy) is 1. The first-order valence-electron chi connectivity index (χ1n) is 5.75. The highest BCUT2D eigenvalue weighted by Gasteiger charge is 2.00. The molecular weight excluding hydrogens is 253 g/mol. The van der Waals surface area contributed by atoms with Crippen LogP contribution in [0, 0.1) is 17.7 Å². The Morgan fingerprint density at radius 3 is 2.78 bits per heavy atom. The number of alkyl halides is 1. The zero-order valence-corrected chi connectivity index (χ0v) is 11.4. The van der Waals surface area contributed by atoms with Crippen LogP contribution in [0.4, 0.5) is 4.39 Å². The molecular formula is C14H17ClFNO. The molecule has 1 aromatic carbocycles. The monoisotopic (exact) mass is 269 g/mol. The Morgan fingerprint density at radius 1 is 1.33 bits per heavy atom. The van der Waals surface area contributed by atoms with Gasteiger partial charge in [0.15, 0.2) is 0 Å². The summed E-state index contributed by atoms with van der Waals surface area (Å²) in [5, 5.41) is 0. The topological polar surface area (TPSA) is 12.5 Å². The van der Waals surface area contributed by atoms with E-state index in [0.29, 0.717) is 30.2 Å². The van der Waals surface area contributed by atoms with Gasteiger partial charge in [0.1, 0.15) is 18.2 Å². The first-order valence-corrected chi connectivity index (χ1v) is 6.28. The Morgan fingerprint density at radius 2 is 2.11 bits per heavy atom. The second-order valence-electron chi connectivity index (χ2n) is 4.07. The number of hydrogen-bond acceptors (Lipinski definition) is 2. The Bertz CT molecular complexity index is 437. The molecule has 1 rings (SSSR count). The van der Waals surface area contributed by atoms with Crippen molar-refractivity contribution in [3.63, 3.8) is 0 Å². The maximum absolute atomic E-state index is 13.3. The van der Waals surface area contributed by atoms with Gasteiger partial charge >= 0.3 is 0 Å². The third-order valence-corrected chi connectivity index (χ3v) is 2.32. The zero-order chi connectivity index (χ0) is 13.4. The van der Waals surface area contributed by atoms with Gasteiger partial charge in [0, 0.05) is 30.5 Å². The lowest BCUT2D eigenvalue weighted by molar-refractivity contribution is 0.260.